The van der Waals surface area contributed by atoms with E-state index < -0.39 is 0 Å². The van der Waals surface area contributed by atoms with Gasteiger partial charge in [-0.1, -0.05) is 6.92 Å². The Labute approximate surface area is 139 Å². The van der Waals surface area contributed by atoms with Crippen molar-refractivity contribution >= 4 is 23.2 Å². The van der Waals surface area contributed by atoms with Crippen LogP contribution in [0.15, 0.2) is 24.3 Å². The lowest BCUT2D eigenvalue weighted by atomic mass is 10.2. The third kappa shape index (κ3) is 5.58. The Hall–Kier alpha value is -2.04. The third-order valence-electron chi connectivity index (χ3n) is 4.12. The Bertz CT molecular complexity index is 510. The first kappa shape index (κ1) is 19.0. The van der Waals surface area contributed by atoms with E-state index in [1.54, 1.807) is 4.90 Å². The van der Waals surface area contributed by atoms with Gasteiger partial charge in [0.05, 0.1) is 0 Å². The Morgan fingerprint density at radius 2 is 1.65 bits per heavy atom. The number of anilines is 2. The van der Waals surface area contributed by atoms with E-state index in [0.717, 1.165) is 30.9 Å². The van der Waals surface area contributed by atoms with Crippen LogP contribution < -0.4 is 10.2 Å². The van der Waals surface area contributed by atoms with Crippen LogP contribution in [0.25, 0.3) is 0 Å². The number of hydrogen-bond acceptors (Lipinski definition) is 3. The second kappa shape index (κ2) is 9.18. The number of amides is 2. The predicted octanol–water partition coefficient (Wildman–Crippen LogP) is 3.12. The molecule has 0 aliphatic carbocycles. The van der Waals surface area contributed by atoms with E-state index in [9.17, 15) is 9.59 Å². The van der Waals surface area contributed by atoms with Crippen molar-refractivity contribution in [2.24, 2.45) is 0 Å². The first-order valence-electron chi connectivity index (χ1n) is 8.34. The second-order valence-corrected chi connectivity index (χ2v) is 5.67. The molecule has 1 rings (SSSR count). The molecule has 0 aromatic heterocycles. The normalized spacial score (nSPS) is 11.7. The number of nitrogens with one attached hydrogen (secondary N) is 1. The number of carbonyl (C=O) groups excluding carboxylic acids is 2. The van der Waals surface area contributed by atoms with E-state index in [1.165, 1.54) is 6.92 Å². The lowest BCUT2D eigenvalue weighted by Gasteiger charge is -2.26. The third-order valence-corrected chi connectivity index (χ3v) is 4.12. The molecule has 0 radical (unpaired) electrons. The van der Waals surface area contributed by atoms with Gasteiger partial charge < -0.3 is 15.1 Å². The first-order valence-corrected chi connectivity index (χ1v) is 8.34. The summed E-state index contributed by atoms with van der Waals surface area (Å²) in [6.07, 6.45) is 0.825. The summed E-state index contributed by atoms with van der Waals surface area (Å²) in [6.45, 7) is 11.7. The fourth-order valence-electron chi connectivity index (χ4n) is 2.50. The van der Waals surface area contributed by atoms with E-state index in [0.29, 0.717) is 0 Å². The van der Waals surface area contributed by atoms with Gasteiger partial charge in [0, 0.05) is 37.4 Å². The molecule has 0 saturated heterocycles. The summed E-state index contributed by atoms with van der Waals surface area (Å²) >= 11 is 0. The highest BCUT2D eigenvalue weighted by Crippen LogP contribution is 2.17. The summed E-state index contributed by atoms with van der Waals surface area (Å²) in [6, 6.07) is 7.85. The van der Waals surface area contributed by atoms with Crippen LogP contribution in [0.4, 0.5) is 11.4 Å². The van der Waals surface area contributed by atoms with E-state index in [-0.39, 0.29) is 24.4 Å². The standard InChI is InChI=1S/C18H29N3O2/c1-6-14(4)21(15(5)22)13-18(23)19-16-9-11-17(12-10-16)20(7-2)8-3/h9-12,14H,6-8,13H2,1-5H3,(H,19,23). The summed E-state index contributed by atoms with van der Waals surface area (Å²) < 4.78 is 0. The van der Waals surface area contributed by atoms with Crippen molar-refractivity contribution in [3.63, 3.8) is 0 Å². The molecule has 1 atom stereocenters. The fraction of sp³-hybridized carbons (Fsp3) is 0.556. The molecule has 0 aliphatic heterocycles. The average molecular weight is 319 g/mol. The molecule has 2 amide bonds. The maximum absolute atomic E-state index is 12.2. The largest absolute Gasteiger partial charge is 0.372 e. The molecule has 0 aliphatic rings. The Balaban J connectivity index is 2.68. The zero-order valence-corrected chi connectivity index (χ0v) is 14.9. The smallest absolute Gasteiger partial charge is 0.244 e. The van der Waals surface area contributed by atoms with Gasteiger partial charge in [0.25, 0.3) is 0 Å². The quantitative estimate of drug-likeness (QED) is 0.801. The van der Waals surface area contributed by atoms with Crippen LogP contribution in [0.2, 0.25) is 0 Å². The SMILES string of the molecule is CCC(C)N(CC(=O)Nc1ccc(N(CC)CC)cc1)C(C)=O. The zero-order valence-electron chi connectivity index (χ0n) is 14.9. The van der Waals surface area contributed by atoms with Crippen LogP contribution in [0, 0.1) is 0 Å². The van der Waals surface area contributed by atoms with Crippen molar-refractivity contribution in [1.29, 1.82) is 0 Å². The minimum Gasteiger partial charge on any atom is -0.372 e. The molecule has 1 N–H and O–H groups in total. The molecule has 0 saturated carbocycles. The zero-order chi connectivity index (χ0) is 17.4. The molecule has 5 heteroatoms. The highest BCUT2D eigenvalue weighted by molar-refractivity contribution is 5.94. The number of benzene rings is 1. The molecule has 1 aromatic carbocycles. The molecular formula is C18H29N3O2. The van der Waals surface area contributed by atoms with Gasteiger partial charge >= 0.3 is 0 Å². The Kier molecular flexibility index (Phi) is 7.59. The number of hydrogen-bond donors (Lipinski definition) is 1. The highest BCUT2D eigenvalue weighted by Gasteiger charge is 2.18. The van der Waals surface area contributed by atoms with E-state index in [4.69, 9.17) is 0 Å². The number of rotatable bonds is 8. The summed E-state index contributed by atoms with van der Waals surface area (Å²) in [4.78, 5) is 27.7. The van der Waals surface area contributed by atoms with Crippen molar-refractivity contribution < 1.29 is 9.59 Å². The van der Waals surface area contributed by atoms with E-state index in [1.807, 2.05) is 38.1 Å². The second-order valence-electron chi connectivity index (χ2n) is 5.67. The predicted molar refractivity (Wildman–Crippen MR) is 95.8 cm³/mol. The van der Waals surface area contributed by atoms with Crippen molar-refractivity contribution in [2.75, 3.05) is 29.9 Å². The minimum atomic E-state index is -0.170. The van der Waals surface area contributed by atoms with Crippen LogP contribution >= 0.6 is 0 Å². The summed E-state index contributed by atoms with van der Waals surface area (Å²) in [5.74, 6) is -0.248. The summed E-state index contributed by atoms with van der Waals surface area (Å²) in [7, 11) is 0. The van der Waals surface area contributed by atoms with Gasteiger partial charge in [0.15, 0.2) is 0 Å². The highest BCUT2D eigenvalue weighted by atomic mass is 16.2. The number of nitrogens with zero attached hydrogens (tertiary/aromatic N) is 2. The van der Waals surface area contributed by atoms with Gasteiger partial charge in [-0.25, -0.2) is 0 Å². The van der Waals surface area contributed by atoms with Crippen LogP contribution in [0.5, 0.6) is 0 Å². The fourth-order valence-corrected chi connectivity index (χ4v) is 2.50. The van der Waals surface area contributed by atoms with Gasteiger partial charge in [-0.3, -0.25) is 9.59 Å². The maximum Gasteiger partial charge on any atom is 0.244 e. The molecule has 0 bridgehead atoms. The number of carbonyl (C=O) groups is 2. The van der Waals surface area contributed by atoms with Crippen molar-refractivity contribution in [3.8, 4) is 0 Å². The molecule has 1 aromatic rings. The summed E-state index contributed by atoms with van der Waals surface area (Å²) in [5, 5.41) is 2.86. The molecule has 0 spiro atoms. The van der Waals surface area contributed by atoms with Gasteiger partial charge in [-0.05, 0) is 51.5 Å². The minimum absolute atomic E-state index is 0.0586. The van der Waals surface area contributed by atoms with E-state index >= 15 is 0 Å². The lowest BCUT2D eigenvalue weighted by molar-refractivity contribution is -0.134. The Morgan fingerprint density at radius 1 is 1.09 bits per heavy atom. The molecule has 0 heterocycles. The van der Waals surface area contributed by atoms with Crippen molar-refractivity contribution in [1.82, 2.24) is 4.90 Å². The monoisotopic (exact) mass is 319 g/mol. The topological polar surface area (TPSA) is 52.7 Å². The lowest BCUT2D eigenvalue weighted by Crippen LogP contribution is -2.42. The van der Waals surface area contributed by atoms with Gasteiger partial charge in [-0.15, -0.1) is 0 Å². The van der Waals surface area contributed by atoms with Crippen LogP contribution in [-0.2, 0) is 9.59 Å². The van der Waals surface area contributed by atoms with Crippen LogP contribution in [0.3, 0.4) is 0 Å². The van der Waals surface area contributed by atoms with Gasteiger partial charge in [0.1, 0.15) is 6.54 Å². The van der Waals surface area contributed by atoms with Crippen molar-refractivity contribution in [2.45, 2.75) is 47.1 Å². The average Bonchev–Trinajstić information content (AvgIpc) is 2.54. The molecule has 5 nitrogen and oxygen atoms in total. The summed E-state index contributed by atoms with van der Waals surface area (Å²) in [5.41, 5.74) is 1.89. The molecule has 0 fully saturated rings. The van der Waals surface area contributed by atoms with Crippen LogP contribution in [-0.4, -0.2) is 42.4 Å². The molecule has 128 valence electrons. The molecule has 1 unspecified atom stereocenters. The van der Waals surface area contributed by atoms with Crippen molar-refractivity contribution in [3.05, 3.63) is 24.3 Å². The van der Waals surface area contributed by atoms with Gasteiger partial charge in [0.2, 0.25) is 11.8 Å². The van der Waals surface area contributed by atoms with E-state index in [2.05, 4.69) is 24.1 Å². The van der Waals surface area contributed by atoms with Crippen LogP contribution in [0.1, 0.15) is 41.0 Å². The molecular weight excluding hydrogens is 290 g/mol. The molecule has 23 heavy (non-hydrogen) atoms. The van der Waals surface area contributed by atoms with Gasteiger partial charge in [-0.2, -0.15) is 0 Å². The Morgan fingerprint density at radius 3 is 2.09 bits per heavy atom. The first-order chi connectivity index (χ1) is 10.9. The maximum atomic E-state index is 12.2.